The molecule has 172 valence electrons. The van der Waals surface area contributed by atoms with Gasteiger partial charge in [0.2, 0.25) is 5.12 Å². The molecule has 0 radical (unpaired) electrons. The number of hydrogen-bond acceptors (Lipinski definition) is 8. The highest BCUT2D eigenvalue weighted by molar-refractivity contribution is 8.14. The molecule has 0 amide bonds. The minimum Gasteiger partial charge on any atom is -0.434 e. The summed E-state index contributed by atoms with van der Waals surface area (Å²) in [4.78, 5) is 39.2. The van der Waals surface area contributed by atoms with Gasteiger partial charge in [0.15, 0.2) is 5.43 Å². The second kappa shape index (κ2) is 9.12. The normalized spacial score (nSPS) is 17.6. The van der Waals surface area contributed by atoms with Crippen molar-refractivity contribution in [1.82, 2.24) is 5.32 Å². The number of allylic oxidation sites excluding steroid dienone is 2. The van der Waals surface area contributed by atoms with E-state index in [2.05, 4.69) is 5.32 Å². The van der Waals surface area contributed by atoms with Gasteiger partial charge in [0.05, 0.1) is 18.2 Å². The van der Waals surface area contributed by atoms with Gasteiger partial charge in [-0.1, -0.05) is 54.2 Å². The van der Waals surface area contributed by atoms with E-state index < -0.39 is 12.1 Å². The van der Waals surface area contributed by atoms with E-state index in [1.54, 1.807) is 25.1 Å². The van der Waals surface area contributed by atoms with Crippen molar-refractivity contribution in [2.45, 2.75) is 19.8 Å². The first-order valence-corrected chi connectivity index (χ1v) is 12.6. The van der Waals surface area contributed by atoms with Gasteiger partial charge < -0.3 is 14.8 Å². The van der Waals surface area contributed by atoms with Crippen LogP contribution >= 0.6 is 23.1 Å². The number of rotatable bonds is 4. The van der Waals surface area contributed by atoms with Crippen molar-refractivity contribution >= 4 is 44.5 Å². The molecular weight excluding hydrogens is 470 g/mol. The topological polar surface area (TPSA) is 81.7 Å². The van der Waals surface area contributed by atoms with Crippen LogP contribution in [0.3, 0.4) is 0 Å². The summed E-state index contributed by atoms with van der Waals surface area (Å²) in [6.07, 6.45) is -0.829. The molecule has 0 saturated carbocycles. The van der Waals surface area contributed by atoms with Crippen LogP contribution in [0, 0.1) is 0 Å². The zero-order valence-corrected chi connectivity index (χ0v) is 20.2. The lowest BCUT2D eigenvalue weighted by Gasteiger charge is -2.29. The van der Waals surface area contributed by atoms with E-state index in [0.29, 0.717) is 28.2 Å². The maximum absolute atomic E-state index is 13.1. The molecule has 1 aromatic heterocycles. The van der Waals surface area contributed by atoms with Crippen molar-refractivity contribution in [3.05, 3.63) is 93.1 Å². The Balaban J connectivity index is 1.74. The molecule has 0 bridgehead atoms. The van der Waals surface area contributed by atoms with E-state index in [0.717, 1.165) is 26.4 Å². The van der Waals surface area contributed by atoms with Crippen LogP contribution in [0.2, 0.25) is 0 Å². The maximum Gasteiger partial charge on any atom is 0.513 e. The smallest absolute Gasteiger partial charge is 0.434 e. The molecule has 0 spiro atoms. The van der Waals surface area contributed by atoms with Gasteiger partial charge in [-0.25, -0.2) is 4.79 Å². The van der Waals surface area contributed by atoms with E-state index in [4.69, 9.17) is 9.47 Å². The lowest BCUT2D eigenvalue weighted by Crippen LogP contribution is -2.28. The highest BCUT2D eigenvalue weighted by atomic mass is 32.2. The van der Waals surface area contributed by atoms with Crippen molar-refractivity contribution in [3.63, 3.8) is 0 Å². The second-order valence-corrected chi connectivity index (χ2v) is 9.87. The number of fused-ring (bicyclic) bond motifs is 1. The van der Waals surface area contributed by atoms with Crippen molar-refractivity contribution in [1.29, 1.82) is 0 Å². The van der Waals surface area contributed by atoms with Crippen molar-refractivity contribution in [2.24, 2.45) is 0 Å². The highest BCUT2D eigenvalue weighted by Gasteiger charge is 2.41. The average molecular weight is 492 g/mol. The summed E-state index contributed by atoms with van der Waals surface area (Å²) in [5.41, 5.74) is 3.58. The maximum atomic E-state index is 13.1. The molecule has 0 aliphatic carbocycles. The molecule has 3 aromatic rings. The number of carbonyl (C=O) groups is 2. The zero-order valence-electron chi connectivity index (χ0n) is 18.5. The predicted molar refractivity (Wildman–Crippen MR) is 135 cm³/mol. The largest absolute Gasteiger partial charge is 0.513 e. The summed E-state index contributed by atoms with van der Waals surface area (Å²) >= 11 is 2.70. The van der Waals surface area contributed by atoms with Crippen molar-refractivity contribution < 1.29 is 19.1 Å². The third-order valence-electron chi connectivity index (χ3n) is 5.76. The molecule has 1 unspecified atom stereocenters. The Bertz CT molecular complexity index is 1440. The van der Waals surface area contributed by atoms with E-state index in [9.17, 15) is 14.4 Å². The lowest BCUT2D eigenvalue weighted by atomic mass is 9.85. The summed E-state index contributed by atoms with van der Waals surface area (Å²) in [5.74, 6) is 0.198. The highest BCUT2D eigenvalue weighted by Crippen LogP contribution is 2.47. The van der Waals surface area contributed by atoms with Crippen LogP contribution in [0.5, 0.6) is 0 Å². The van der Waals surface area contributed by atoms with Crippen LogP contribution in [0.1, 0.15) is 25.3 Å². The Labute approximate surface area is 204 Å². The Morgan fingerprint density at radius 1 is 1.12 bits per heavy atom. The third kappa shape index (κ3) is 3.93. The molecule has 5 rings (SSSR count). The van der Waals surface area contributed by atoms with E-state index >= 15 is 0 Å². The van der Waals surface area contributed by atoms with Crippen LogP contribution in [0.15, 0.2) is 82.1 Å². The number of thioether (sulfide) groups is 1. The quantitative estimate of drug-likeness (QED) is 0.479. The molecule has 2 aromatic carbocycles. The number of hydrogen-bond donors (Lipinski definition) is 1. The Kier molecular flexibility index (Phi) is 6.02. The van der Waals surface area contributed by atoms with Gasteiger partial charge in [-0.2, -0.15) is 0 Å². The molecule has 0 fully saturated rings. The minimum atomic E-state index is -0.829. The molecule has 0 saturated heterocycles. The second-order valence-electron chi connectivity index (χ2n) is 7.87. The van der Waals surface area contributed by atoms with Crippen LogP contribution in [0.4, 0.5) is 4.79 Å². The van der Waals surface area contributed by atoms with E-state index in [1.807, 2.05) is 43.3 Å². The Morgan fingerprint density at radius 2 is 1.91 bits per heavy atom. The lowest BCUT2D eigenvalue weighted by molar-refractivity contribution is -0.108. The van der Waals surface area contributed by atoms with Crippen molar-refractivity contribution in [2.75, 3.05) is 12.4 Å². The monoisotopic (exact) mass is 491 g/mol. The minimum absolute atomic E-state index is 0.0754. The standard InChI is InChI=1S/C26H21NO5S2/c1-3-31-26(30)32-23-14(2)27-18-13-33-25(29)22(18)21(23)17-11-7-10-16-19(28)12-20(34-24(16)17)15-8-5-4-6-9-15/h4-12,21,27H,3,13H2,1-2H3. The summed E-state index contributed by atoms with van der Waals surface area (Å²) in [7, 11) is 0. The molecule has 8 heteroatoms. The molecule has 34 heavy (non-hydrogen) atoms. The van der Waals surface area contributed by atoms with Gasteiger partial charge in [0.25, 0.3) is 0 Å². The van der Waals surface area contributed by atoms with Crippen LogP contribution in [-0.2, 0) is 14.3 Å². The number of dihydropyridines is 1. The summed E-state index contributed by atoms with van der Waals surface area (Å²) in [6, 6.07) is 16.8. The predicted octanol–water partition coefficient (Wildman–Crippen LogP) is 5.55. The number of nitrogens with one attached hydrogen (secondary N) is 1. The Hall–Kier alpha value is -3.36. The van der Waals surface area contributed by atoms with Crippen LogP contribution < -0.4 is 10.7 Å². The fraction of sp³-hybridized carbons (Fsp3) is 0.192. The van der Waals surface area contributed by atoms with Crippen LogP contribution in [-0.4, -0.2) is 23.6 Å². The summed E-state index contributed by atoms with van der Waals surface area (Å²) in [5, 5.41) is 3.72. The zero-order chi connectivity index (χ0) is 23.8. The number of ether oxygens (including phenoxy) is 2. The third-order valence-corrected chi connectivity index (χ3v) is 7.91. The van der Waals surface area contributed by atoms with Gasteiger partial charge in [0.1, 0.15) is 5.76 Å². The van der Waals surface area contributed by atoms with Gasteiger partial charge in [-0.15, -0.1) is 11.3 Å². The molecule has 1 N–H and O–H groups in total. The molecular formula is C26H21NO5S2. The number of carbonyl (C=O) groups excluding carboxylic acids is 2. The van der Waals surface area contributed by atoms with Crippen LogP contribution in [0.25, 0.3) is 20.5 Å². The fourth-order valence-electron chi connectivity index (χ4n) is 4.29. The molecule has 2 aliphatic rings. The SMILES string of the molecule is CCOC(=O)OC1=C(C)NC2=C(C(=O)SC2)C1c1cccc2c(=O)cc(-c3ccccc3)sc12. The molecule has 1 atom stereocenters. The Morgan fingerprint density at radius 3 is 2.68 bits per heavy atom. The first kappa shape index (κ1) is 22.4. The van der Waals surface area contributed by atoms with Crippen molar-refractivity contribution in [3.8, 4) is 10.4 Å². The van der Waals surface area contributed by atoms with Gasteiger partial charge in [-0.05, 0) is 31.0 Å². The van der Waals surface area contributed by atoms with Gasteiger partial charge in [-0.3, -0.25) is 9.59 Å². The molecule has 6 nitrogen and oxygen atoms in total. The van der Waals surface area contributed by atoms with E-state index in [-0.39, 0.29) is 17.2 Å². The van der Waals surface area contributed by atoms with Gasteiger partial charge >= 0.3 is 6.16 Å². The number of benzene rings is 2. The fourth-order valence-corrected chi connectivity index (χ4v) is 6.41. The summed E-state index contributed by atoms with van der Waals surface area (Å²) in [6.45, 7) is 3.67. The first-order chi connectivity index (χ1) is 16.5. The molecule has 3 heterocycles. The molecule has 2 aliphatic heterocycles. The van der Waals surface area contributed by atoms with E-state index in [1.165, 1.54) is 23.1 Å². The van der Waals surface area contributed by atoms with Gasteiger partial charge in [0, 0.05) is 38.1 Å². The summed E-state index contributed by atoms with van der Waals surface area (Å²) < 4.78 is 11.4. The average Bonchev–Trinajstić information content (AvgIpc) is 3.20. The first-order valence-electron chi connectivity index (χ1n) is 10.8.